The number of amides is 3. The predicted octanol–water partition coefficient (Wildman–Crippen LogP) is 2.85. The van der Waals surface area contributed by atoms with Crippen LogP contribution in [0.5, 0.6) is 0 Å². The summed E-state index contributed by atoms with van der Waals surface area (Å²) in [6, 6.07) is 6.42. The summed E-state index contributed by atoms with van der Waals surface area (Å²) in [7, 11) is 3.91. The molecule has 0 saturated heterocycles. The number of nitrogens with zero attached hydrogens (tertiary/aromatic N) is 4. The number of imide groups is 1. The number of benzene rings is 1. The van der Waals surface area contributed by atoms with Gasteiger partial charge in [0.05, 0.1) is 11.3 Å². The lowest BCUT2D eigenvalue weighted by molar-refractivity contribution is -0.120. The fraction of sp³-hybridized carbons (Fsp3) is 0.444. The van der Waals surface area contributed by atoms with Gasteiger partial charge in [-0.05, 0) is 51.2 Å². The van der Waals surface area contributed by atoms with Gasteiger partial charge in [0.25, 0.3) is 0 Å². The number of carbonyl (C=O) groups excluding carboxylic acids is 2. The highest BCUT2D eigenvalue weighted by atomic mass is 35.5. The number of urea groups is 1. The van der Waals surface area contributed by atoms with E-state index in [-0.39, 0.29) is 12.0 Å². The van der Waals surface area contributed by atoms with E-state index in [9.17, 15) is 9.59 Å². The number of nitrogens with one attached hydrogen (secondary N) is 1. The lowest BCUT2D eigenvalue weighted by atomic mass is 10.1. The molecule has 10 heteroatoms. The van der Waals surface area contributed by atoms with Crippen molar-refractivity contribution in [3.63, 3.8) is 0 Å². The van der Waals surface area contributed by atoms with Gasteiger partial charge < -0.3 is 5.73 Å². The summed E-state index contributed by atoms with van der Waals surface area (Å²) in [5.74, 6) is 0.211. The summed E-state index contributed by atoms with van der Waals surface area (Å²) in [5, 5.41) is 11.4. The van der Waals surface area contributed by atoms with Crippen LogP contribution in [0.15, 0.2) is 29.4 Å². The molecule has 28 heavy (non-hydrogen) atoms. The molecule has 1 aromatic carbocycles. The molecule has 0 aliphatic carbocycles. The molecule has 0 aliphatic rings. The molecule has 2 atom stereocenters. The van der Waals surface area contributed by atoms with Gasteiger partial charge in [0, 0.05) is 10.7 Å². The minimum Gasteiger partial charge on any atom is -0.351 e. The van der Waals surface area contributed by atoms with E-state index in [1.807, 2.05) is 56.5 Å². The average molecular weight is 425 g/mol. The van der Waals surface area contributed by atoms with Crippen LogP contribution in [0.4, 0.5) is 4.79 Å². The Kier molecular flexibility index (Phi) is 7.45. The summed E-state index contributed by atoms with van der Waals surface area (Å²) in [6.45, 7) is 5.81. The van der Waals surface area contributed by atoms with Crippen LogP contribution in [0.1, 0.15) is 32.6 Å². The number of aromatic nitrogens is 3. The second kappa shape index (κ2) is 9.40. The highest BCUT2D eigenvalue weighted by molar-refractivity contribution is 8.00. The maximum absolute atomic E-state index is 12.4. The molecule has 0 bridgehead atoms. The van der Waals surface area contributed by atoms with E-state index in [0.717, 1.165) is 11.5 Å². The first-order chi connectivity index (χ1) is 13.1. The molecular formula is C18H25ClN6O2S. The van der Waals surface area contributed by atoms with Gasteiger partial charge in [-0.1, -0.05) is 37.2 Å². The van der Waals surface area contributed by atoms with E-state index in [0.29, 0.717) is 10.2 Å². The fourth-order valence-electron chi connectivity index (χ4n) is 2.49. The number of halogens is 1. The minimum absolute atomic E-state index is 0.0190. The molecule has 2 unspecified atom stereocenters. The van der Waals surface area contributed by atoms with E-state index < -0.39 is 17.2 Å². The number of hydrogen-bond acceptors (Lipinski definition) is 6. The van der Waals surface area contributed by atoms with Crippen LogP contribution in [0.25, 0.3) is 5.69 Å². The van der Waals surface area contributed by atoms with E-state index in [1.165, 1.54) is 11.8 Å². The van der Waals surface area contributed by atoms with Crippen molar-refractivity contribution in [2.24, 2.45) is 11.7 Å². The molecule has 0 radical (unpaired) electrons. The Morgan fingerprint density at radius 1 is 1.18 bits per heavy atom. The number of carbonyl (C=O) groups is 2. The SMILES string of the molecule is CC(C)C(Sc1nnc(C(C)N(C)C)n1-c1ccc(Cl)cc1)C(=O)NC(N)=O. The van der Waals surface area contributed by atoms with Gasteiger partial charge in [-0.25, -0.2) is 4.79 Å². The van der Waals surface area contributed by atoms with Crippen molar-refractivity contribution in [2.45, 2.75) is 37.2 Å². The van der Waals surface area contributed by atoms with Gasteiger partial charge in [-0.2, -0.15) is 0 Å². The zero-order valence-electron chi connectivity index (χ0n) is 16.5. The van der Waals surface area contributed by atoms with Gasteiger partial charge in [-0.3, -0.25) is 19.6 Å². The molecule has 3 N–H and O–H groups in total. The average Bonchev–Trinajstić information content (AvgIpc) is 3.02. The number of rotatable bonds is 7. The zero-order valence-corrected chi connectivity index (χ0v) is 18.1. The molecule has 0 fully saturated rings. The Morgan fingerprint density at radius 3 is 2.29 bits per heavy atom. The summed E-state index contributed by atoms with van der Waals surface area (Å²) in [6.07, 6.45) is 0. The first kappa shape index (κ1) is 22.2. The first-order valence-corrected chi connectivity index (χ1v) is 10.0. The lowest BCUT2D eigenvalue weighted by Crippen LogP contribution is -2.42. The maximum Gasteiger partial charge on any atom is 0.318 e. The second-order valence-electron chi connectivity index (χ2n) is 6.93. The summed E-state index contributed by atoms with van der Waals surface area (Å²) in [5.41, 5.74) is 5.94. The summed E-state index contributed by atoms with van der Waals surface area (Å²) >= 11 is 7.27. The Labute approximate surface area is 173 Å². The standard InChI is InChI=1S/C18H25ClN6O2S/c1-10(2)14(16(26)21-17(20)27)28-18-23-22-15(11(3)24(4)5)25(18)13-8-6-12(19)7-9-13/h6-11,14H,1-5H3,(H3,20,21,26,27). The van der Waals surface area contributed by atoms with Crippen molar-refractivity contribution in [3.8, 4) is 5.69 Å². The van der Waals surface area contributed by atoms with E-state index in [2.05, 4.69) is 15.5 Å². The first-order valence-electron chi connectivity index (χ1n) is 8.76. The molecule has 3 amide bonds. The van der Waals surface area contributed by atoms with Gasteiger partial charge in [-0.15, -0.1) is 10.2 Å². The van der Waals surface area contributed by atoms with E-state index >= 15 is 0 Å². The van der Waals surface area contributed by atoms with Crippen LogP contribution < -0.4 is 11.1 Å². The molecule has 152 valence electrons. The van der Waals surface area contributed by atoms with Crippen LogP contribution in [-0.4, -0.2) is 50.9 Å². The topological polar surface area (TPSA) is 106 Å². The van der Waals surface area contributed by atoms with Crippen LogP contribution in [0.3, 0.4) is 0 Å². The zero-order chi connectivity index (χ0) is 21.0. The van der Waals surface area contributed by atoms with Crippen molar-refractivity contribution < 1.29 is 9.59 Å². The Bertz CT molecular complexity index is 837. The molecule has 0 saturated carbocycles. The fourth-order valence-corrected chi connectivity index (χ4v) is 3.67. The third kappa shape index (κ3) is 5.24. The Balaban J connectivity index is 2.49. The van der Waals surface area contributed by atoms with Crippen molar-refractivity contribution in [1.29, 1.82) is 0 Å². The molecule has 8 nitrogen and oxygen atoms in total. The molecule has 2 aromatic rings. The molecule has 1 heterocycles. The lowest BCUT2D eigenvalue weighted by Gasteiger charge is -2.22. The number of nitrogens with two attached hydrogens (primary N) is 1. The smallest absolute Gasteiger partial charge is 0.318 e. The van der Waals surface area contributed by atoms with Gasteiger partial charge in [0.1, 0.15) is 0 Å². The van der Waals surface area contributed by atoms with Crippen LogP contribution >= 0.6 is 23.4 Å². The molecule has 0 spiro atoms. The Hall–Kier alpha value is -2.10. The summed E-state index contributed by atoms with van der Waals surface area (Å²) < 4.78 is 1.90. The maximum atomic E-state index is 12.4. The molecular weight excluding hydrogens is 400 g/mol. The quantitative estimate of drug-likeness (QED) is 0.662. The van der Waals surface area contributed by atoms with Crippen LogP contribution in [-0.2, 0) is 4.79 Å². The third-order valence-electron chi connectivity index (χ3n) is 4.23. The predicted molar refractivity (Wildman–Crippen MR) is 111 cm³/mol. The van der Waals surface area contributed by atoms with E-state index in [1.54, 1.807) is 12.1 Å². The summed E-state index contributed by atoms with van der Waals surface area (Å²) in [4.78, 5) is 25.6. The van der Waals surface area contributed by atoms with Gasteiger partial charge in [0.2, 0.25) is 5.91 Å². The van der Waals surface area contributed by atoms with Crippen molar-refractivity contribution in [1.82, 2.24) is 25.0 Å². The van der Waals surface area contributed by atoms with Crippen LogP contribution in [0.2, 0.25) is 5.02 Å². The van der Waals surface area contributed by atoms with Crippen molar-refractivity contribution >= 4 is 35.3 Å². The highest BCUT2D eigenvalue weighted by Gasteiger charge is 2.29. The minimum atomic E-state index is -0.877. The monoisotopic (exact) mass is 424 g/mol. The third-order valence-corrected chi connectivity index (χ3v) is 5.97. The second-order valence-corrected chi connectivity index (χ2v) is 8.47. The normalized spacial score (nSPS) is 13.6. The number of thioether (sulfide) groups is 1. The Morgan fingerprint density at radius 2 is 1.79 bits per heavy atom. The van der Waals surface area contributed by atoms with E-state index in [4.69, 9.17) is 17.3 Å². The number of primary amides is 1. The van der Waals surface area contributed by atoms with Gasteiger partial charge >= 0.3 is 6.03 Å². The van der Waals surface area contributed by atoms with Gasteiger partial charge in [0.15, 0.2) is 11.0 Å². The molecule has 2 rings (SSSR count). The molecule has 1 aromatic heterocycles. The number of hydrogen-bond donors (Lipinski definition) is 2. The van der Waals surface area contributed by atoms with Crippen LogP contribution in [0, 0.1) is 5.92 Å². The largest absolute Gasteiger partial charge is 0.351 e. The molecule has 0 aliphatic heterocycles. The van der Waals surface area contributed by atoms with Crippen molar-refractivity contribution in [2.75, 3.05) is 14.1 Å². The van der Waals surface area contributed by atoms with Crippen molar-refractivity contribution in [3.05, 3.63) is 35.1 Å². The highest BCUT2D eigenvalue weighted by Crippen LogP contribution is 2.32.